The standard InChI is InChI=1S/C17H20ClNO5S/c1-19(25(20,21)14-7-5-6-13(18)10-14)11-12-8-15(22-2)17(24-4)16(9-12)23-3/h5-10H,11H2,1-4H3. The van der Waals surface area contributed by atoms with Crippen LogP contribution in [-0.4, -0.2) is 41.1 Å². The molecule has 0 saturated heterocycles. The van der Waals surface area contributed by atoms with Crippen LogP contribution < -0.4 is 14.2 Å². The van der Waals surface area contributed by atoms with Crippen molar-refractivity contribution in [3.8, 4) is 17.2 Å². The molecule has 0 aliphatic carbocycles. The molecule has 0 fully saturated rings. The Bertz CT molecular complexity index is 829. The fourth-order valence-electron chi connectivity index (χ4n) is 2.38. The molecule has 2 aromatic rings. The molecule has 0 aliphatic heterocycles. The second-order valence-corrected chi connectivity index (χ2v) is 7.73. The van der Waals surface area contributed by atoms with Crippen LogP contribution in [0.1, 0.15) is 5.56 Å². The Morgan fingerprint density at radius 1 is 1.00 bits per heavy atom. The third-order valence-electron chi connectivity index (χ3n) is 3.63. The fraction of sp³-hybridized carbons (Fsp3) is 0.294. The van der Waals surface area contributed by atoms with E-state index in [1.54, 1.807) is 24.3 Å². The van der Waals surface area contributed by atoms with Crippen molar-refractivity contribution < 1.29 is 22.6 Å². The molecule has 0 unspecified atom stereocenters. The Morgan fingerprint density at radius 3 is 2.08 bits per heavy atom. The minimum absolute atomic E-state index is 0.131. The largest absolute Gasteiger partial charge is 0.493 e. The van der Waals surface area contributed by atoms with Crippen molar-refractivity contribution in [1.29, 1.82) is 0 Å². The number of sulfonamides is 1. The van der Waals surface area contributed by atoms with E-state index < -0.39 is 10.0 Å². The SMILES string of the molecule is COc1cc(CN(C)S(=O)(=O)c2cccc(Cl)c2)cc(OC)c1OC. The molecular weight excluding hydrogens is 366 g/mol. The molecule has 2 rings (SSSR count). The van der Waals surface area contributed by atoms with Crippen molar-refractivity contribution in [3.63, 3.8) is 0 Å². The second kappa shape index (κ2) is 7.95. The molecule has 0 radical (unpaired) electrons. The van der Waals surface area contributed by atoms with Crippen molar-refractivity contribution in [2.45, 2.75) is 11.4 Å². The first-order chi connectivity index (χ1) is 11.8. The lowest BCUT2D eigenvalue weighted by Gasteiger charge is -2.19. The highest BCUT2D eigenvalue weighted by atomic mass is 35.5. The van der Waals surface area contributed by atoms with Gasteiger partial charge in [-0.15, -0.1) is 0 Å². The third-order valence-corrected chi connectivity index (χ3v) is 5.67. The van der Waals surface area contributed by atoms with Crippen LogP contribution in [0.15, 0.2) is 41.3 Å². The van der Waals surface area contributed by atoms with Crippen molar-refractivity contribution in [2.75, 3.05) is 28.4 Å². The summed E-state index contributed by atoms with van der Waals surface area (Å²) in [6.45, 7) is 0.131. The van der Waals surface area contributed by atoms with Crippen LogP contribution in [0.5, 0.6) is 17.2 Å². The lowest BCUT2D eigenvalue weighted by molar-refractivity contribution is 0.323. The maximum Gasteiger partial charge on any atom is 0.243 e. The quantitative estimate of drug-likeness (QED) is 0.732. The monoisotopic (exact) mass is 385 g/mol. The molecule has 0 aliphatic rings. The van der Waals surface area contributed by atoms with Crippen molar-refractivity contribution in [1.82, 2.24) is 4.31 Å². The van der Waals surface area contributed by atoms with E-state index in [2.05, 4.69) is 0 Å². The van der Waals surface area contributed by atoms with Gasteiger partial charge < -0.3 is 14.2 Å². The number of ether oxygens (including phenoxy) is 3. The molecule has 2 aromatic carbocycles. The molecular formula is C17H20ClNO5S. The Balaban J connectivity index is 2.35. The Kier molecular flexibility index (Phi) is 6.16. The van der Waals surface area contributed by atoms with Gasteiger partial charge in [0.1, 0.15) is 0 Å². The van der Waals surface area contributed by atoms with E-state index in [-0.39, 0.29) is 11.4 Å². The summed E-state index contributed by atoms with van der Waals surface area (Å²) in [5.41, 5.74) is 0.697. The van der Waals surface area contributed by atoms with Gasteiger partial charge in [-0.05, 0) is 35.9 Å². The first kappa shape index (κ1) is 19.4. The smallest absolute Gasteiger partial charge is 0.243 e. The van der Waals surface area contributed by atoms with Gasteiger partial charge in [-0.2, -0.15) is 4.31 Å². The van der Waals surface area contributed by atoms with Gasteiger partial charge in [-0.3, -0.25) is 0 Å². The number of methoxy groups -OCH3 is 3. The predicted molar refractivity (Wildman–Crippen MR) is 96.2 cm³/mol. The molecule has 0 saturated carbocycles. The molecule has 0 atom stereocenters. The average molecular weight is 386 g/mol. The molecule has 8 heteroatoms. The summed E-state index contributed by atoms with van der Waals surface area (Å²) < 4.78 is 42.5. The molecule has 0 spiro atoms. The zero-order valence-electron chi connectivity index (χ0n) is 14.4. The van der Waals surface area contributed by atoms with Crippen molar-refractivity contribution in [2.24, 2.45) is 0 Å². The summed E-state index contributed by atoms with van der Waals surface area (Å²) in [5.74, 6) is 1.38. The summed E-state index contributed by atoms with van der Waals surface area (Å²) in [7, 11) is 2.35. The molecule has 0 heterocycles. The first-order valence-corrected chi connectivity index (χ1v) is 9.16. The number of benzene rings is 2. The van der Waals surface area contributed by atoms with E-state index in [1.165, 1.54) is 44.8 Å². The van der Waals surface area contributed by atoms with E-state index in [1.807, 2.05) is 0 Å². The average Bonchev–Trinajstić information content (AvgIpc) is 2.60. The van der Waals surface area contributed by atoms with Gasteiger partial charge in [0.05, 0.1) is 26.2 Å². The minimum Gasteiger partial charge on any atom is -0.493 e. The summed E-state index contributed by atoms with van der Waals surface area (Å²) >= 11 is 5.90. The molecule has 136 valence electrons. The molecule has 0 bridgehead atoms. The van der Waals surface area contributed by atoms with Crippen molar-refractivity contribution >= 4 is 21.6 Å². The van der Waals surface area contributed by atoms with E-state index in [4.69, 9.17) is 25.8 Å². The minimum atomic E-state index is -3.68. The number of hydrogen-bond donors (Lipinski definition) is 0. The lowest BCUT2D eigenvalue weighted by atomic mass is 10.2. The van der Waals surface area contributed by atoms with Crippen LogP contribution >= 0.6 is 11.6 Å². The predicted octanol–water partition coefficient (Wildman–Crippen LogP) is 3.19. The van der Waals surface area contributed by atoms with E-state index in [0.29, 0.717) is 27.8 Å². The van der Waals surface area contributed by atoms with Gasteiger partial charge in [0.15, 0.2) is 11.5 Å². The number of nitrogens with zero attached hydrogens (tertiary/aromatic N) is 1. The summed E-state index contributed by atoms with van der Waals surface area (Å²) in [5, 5.41) is 0.363. The van der Waals surface area contributed by atoms with Crippen molar-refractivity contribution in [3.05, 3.63) is 47.0 Å². The lowest BCUT2D eigenvalue weighted by Crippen LogP contribution is -2.26. The van der Waals surface area contributed by atoms with Gasteiger partial charge in [0, 0.05) is 18.6 Å². The molecule has 0 amide bonds. The van der Waals surface area contributed by atoms with Crippen LogP contribution in [0.25, 0.3) is 0 Å². The van der Waals surface area contributed by atoms with Gasteiger partial charge in [-0.1, -0.05) is 17.7 Å². The Morgan fingerprint density at radius 2 is 1.60 bits per heavy atom. The molecule has 0 N–H and O–H groups in total. The summed E-state index contributed by atoms with van der Waals surface area (Å²) in [4.78, 5) is 0.134. The molecule has 25 heavy (non-hydrogen) atoms. The van der Waals surface area contributed by atoms with Gasteiger partial charge in [0.2, 0.25) is 15.8 Å². The first-order valence-electron chi connectivity index (χ1n) is 7.34. The number of halogens is 1. The highest BCUT2D eigenvalue weighted by Crippen LogP contribution is 2.38. The molecule has 6 nitrogen and oxygen atoms in total. The van der Waals surface area contributed by atoms with Gasteiger partial charge in [-0.25, -0.2) is 8.42 Å². The molecule has 0 aromatic heterocycles. The fourth-order valence-corrected chi connectivity index (χ4v) is 3.84. The van der Waals surface area contributed by atoms with E-state index in [9.17, 15) is 8.42 Å². The zero-order valence-corrected chi connectivity index (χ0v) is 16.0. The van der Waals surface area contributed by atoms with Gasteiger partial charge >= 0.3 is 0 Å². The summed E-state index contributed by atoms with van der Waals surface area (Å²) in [6, 6.07) is 9.58. The Hall–Kier alpha value is -1.96. The van der Waals surface area contributed by atoms with E-state index in [0.717, 1.165) is 0 Å². The topological polar surface area (TPSA) is 65.1 Å². The maximum absolute atomic E-state index is 12.7. The van der Waals surface area contributed by atoms with Crippen LogP contribution in [0, 0.1) is 0 Å². The number of rotatable bonds is 7. The van der Waals surface area contributed by atoms with Gasteiger partial charge in [0.25, 0.3) is 0 Å². The summed E-state index contributed by atoms with van der Waals surface area (Å²) in [6.07, 6.45) is 0. The maximum atomic E-state index is 12.7. The van der Waals surface area contributed by atoms with E-state index >= 15 is 0 Å². The van der Waals surface area contributed by atoms with Crippen LogP contribution in [0.4, 0.5) is 0 Å². The third kappa shape index (κ3) is 4.18. The highest BCUT2D eigenvalue weighted by molar-refractivity contribution is 7.89. The van der Waals surface area contributed by atoms with Crippen LogP contribution in [0.2, 0.25) is 5.02 Å². The highest BCUT2D eigenvalue weighted by Gasteiger charge is 2.22. The Labute approximate surface area is 152 Å². The zero-order chi connectivity index (χ0) is 18.6. The number of hydrogen-bond acceptors (Lipinski definition) is 5. The normalized spacial score (nSPS) is 11.4. The van der Waals surface area contributed by atoms with Crippen LogP contribution in [-0.2, 0) is 16.6 Å². The van der Waals surface area contributed by atoms with Crippen LogP contribution in [0.3, 0.4) is 0 Å². The second-order valence-electron chi connectivity index (χ2n) is 5.25.